The van der Waals surface area contributed by atoms with Crippen LogP contribution in [-0.2, 0) is 10.0 Å². The molecule has 5 heteroatoms. The Kier molecular flexibility index (Phi) is 4.07. The molecule has 4 nitrogen and oxygen atoms in total. The van der Waals surface area contributed by atoms with Gasteiger partial charge in [-0.1, -0.05) is 24.3 Å². The summed E-state index contributed by atoms with van der Waals surface area (Å²) in [4.78, 5) is 2.60. The van der Waals surface area contributed by atoms with E-state index in [-0.39, 0.29) is 0 Å². The molecular formula is C17H20N2O2S. The van der Waals surface area contributed by atoms with Crippen molar-refractivity contribution in [3.8, 4) is 0 Å². The smallest absolute Gasteiger partial charge is 0.262 e. The van der Waals surface area contributed by atoms with Gasteiger partial charge in [-0.15, -0.1) is 0 Å². The van der Waals surface area contributed by atoms with Crippen molar-refractivity contribution in [3.63, 3.8) is 0 Å². The fourth-order valence-electron chi connectivity index (χ4n) is 2.81. The van der Waals surface area contributed by atoms with Crippen molar-refractivity contribution < 1.29 is 8.42 Å². The van der Waals surface area contributed by atoms with Gasteiger partial charge in [0.05, 0.1) is 10.6 Å². The maximum Gasteiger partial charge on any atom is 0.262 e. The number of benzene rings is 2. The minimum atomic E-state index is -3.55. The Balaban J connectivity index is 1.86. The summed E-state index contributed by atoms with van der Waals surface area (Å²) in [7, 11) is -3.55. The van der Waals surface area contributed by atoms with Gasteiger partial charge in [0.15, 0.2) is 0 Å². The highest BCUT2D eigenvalue weighted by molar-refractivity contribution is 7.92. The van der Waals surface area contributed by atoms with E-state index in [1.165, 1.54) is 12.8 Å². The van der Waals surface area contributed by atoms with E-state index in [4.69, 9.17) is 0 Å². The summed E-state index contributed by atoms with van der Waals surface area (Å²) in [5.41, 5.74) is 2.42. The van der Waals surface area contributed by atoms with Crippen LogP contribution in [0, 0.1) is 6.92 Å². The Morgan fingerprint density at radius 1 is 1.00 bits per heavy atom. The highest BCUT2D eigenvalue weighted by Gasteiger charge is 2.17. The third kappa shape index (κ3) is 3.09. The Morgan fingerprint density at radius 3 is 2.45 bits per heavy atom. The van der Waals surface area contributed by atoms with Gasteiger partial charge in [-0.2, -0.15) is 0 Å². The van der Waals surface area contributed by atoms with Crippen LogP contribution >= 0.6 is 0 Å². The van der Waals surface area contributed by atoms with Crippen LogP contribution in [0.4, 0.5) is 11.4 Å². The van der Waals surface area contributed by atoms with Gasteiger partial charge >= 0.3 is 0 Å². The molecule has 1 heterocycles. The van der Waals surface area contributed by atoms with Crippen molar-refractivity contribution in [1.82, 2.24) is 0 Å². The second-order valence-electron chi connectivity index (χ2n) is 5.62. The number of aryl methyl sites for hydroxylation is 1. The van der Waals surface area contributed by atoms with E-state index in [1.54, 1.807) is 31.2 Å². The van der Waals surface area contributed by atoms with E-state index in [1.807, 2.05) is 24.3 Å². The van der Waals surface area contributed by atoms with Crippen LogP contribution in [-0.4, -0.2) is 21.5 Å². The molecule has 1 N–H and O–H groups in total. The van der Waals surface area contributed by atoms with Gasteiger partial charge in [-0.3, -0.25) is 4.72 Å². The van der Waals surface area contributed by atoms with Gasteiger partial charge in [-0.25, -0.2) is 8.42 Å². The lowest BCUT2D eigenvalue weighted by Crippen LogP contribution is -2.18. The quantitative estimate of drug-likeness (QED) is 0.940. The summed E-state index contributed by atoms with van der Waals surface area (Å²) in [6.45, 7) is 3.87. The zero-order chi connectivity index (χ0) is 15.6. The maximum absolute atomic E-state index is 12.5. The number of nitrogens with zero attached hydrogens (tertiary/aromatic N) is 1. The highest BCUT2D eigenvalue weighted by atomic mass is 32.2. The molecule has 3 rings (SSSR count). The predicted octanol–water partition coefficient (Wildman–Crippen LogP) is 3.40. The average Bonchev–Trinajstić information content (AvgIpc) is 3.01. The lowest BCUT2D eigenvalue weighted by Gasteiger charge is -2.19. The molecule has 0 bridgehead atoms. The van der Waals surface area contributed by atoms with Gasteiger partial charge in [0, 0.05) is 18.8 Å². The van der Waals surface area contributed by atoms with Gasteiger partial charge in [-0.05, 0) is 49.6 Å². The van der Waals surface area contributed by atoms with Crippen LogP contribution in [0.3, 0.4) is 0 Å². The SMILES string of the molecule is Cc1ccccc1S(=O)(=O)Nc1cccc(N2CCCC2)c1. The molecule has 0 spiro atoms. The average molecular weight is 316 g/mol. The fraction of sp³-hybridized carbons (Fsp3) is 0.294. The Morgan fingerprint density at radius 2 is 1.73 bits per heavy atom. The highest BCUT2D eigenvalue weighted by Crippen LogP contribution is 2.25. The normalized spacial score (nSPS) is 15.0. The second kappa shape index (κ2) is 6.01. The molecule has 1 aliphatic heterocycles. The number of anilines is 2. The molecule has 0 unspecified atom stereocenters. The standard InChI is InChI=1S/C17H20N2O2S/c1-14-7-2-3-10-17(14)22(20,21)18-15-8-6-9-16(13-15)19-11-4-5-12-19/h2-3,6-10,13,18H,4-5,11-12H2,1H3. The number of hydrogen-bond donors (Lipinski definition) is 1. The zero-order valence-corrected chi connectivity index (χ0v) is 13.4. The molecular weight excluding hydrogens is 296 g/mol. The van der Waals surface area contributed by atoms with Crippen LogP contribution in [0.1, 0.15) is 18.4 Å². The summed E-state index contributed by atoms with van der Waals surface area (Å²) < 4.78 is 27.7. The Bertz CT molecular complexity index is 766. The van der Waals surface area contributed by atoms with E-state index in [0.717, 1.165) is 24.3 Å². The van der Waals surface area contributed by atoms with Gasteiger partial charge in [0.2, 0.25) is 0 Å². The third-order valence-corrected chi connectivity index (χ3v) is 5.49. The van der Waals surface area contributed by atoms with E-state index >= 15 is 0 Å². The number of sulfonamides is 1. The largest absolute Gasteiger partial charge is 0.371 e. The first-order chi connectivity index (χ1) is 10.6. The number of rotatable bonds is 4. The van der Waals surface area contributed by atoms with E-state index in [2.05, 4.69) is 9.62 Å². The summed E-state index contributed by atoms with van der Waals surface area (Å²) >= 11 is 0. The Labute approximate surface area is 131 Å². The van der Waals surface area contributed by atoms with Crippen molar-refractivity contribution in [1.29, 1.82) is 0 Å². The zero-order valence-electron chi connectivity index (χ0n) is 12.6. The fourth-order valence-corrected chi connectivity index (χ4v) is 4.11. The molecule has 2 aromatic rings. The molecule has 2 aromatic carbocycles. The minimum Gasteiger partial charge on any atom is -0.371 e. The van der Waals surface area contributed by atoms with Crippen molar-refractivity contribution in [2.75, 3.05) is 22.7 Å². The van der Waals surface area contributed by atoms with Crippen molar-refractivity contribution in [3.05, 3.63) is 54.1 Å². The van der Waals surface area contributed by atoms with Crippen molar-refractivity contribution in [2.24, 2.45) is 0 Å². The molecule has 0 aromatic heterocycles. The third-order valence-electron chi connectivity index (χ3n) is 3.95. The first-order valence-corrected chi connectivity index (χ1v) is 8.98. The molecule has 22 heavy (non-hydrogen) atoms. The van der Waals surface area contributed by atoms with Crippen LogP contribution in [0.25, 0.3) is 0 Å². The van der Waals surface area contributed by atoms with Crippen LogP contribution in [0.5, 0.6) is 0 Å². The lowest BCUT2D eigenvalue weighted by molar-refractivity contribution is 0.600. The molecule has 1 aliphatic rings. The van der Waals surface area contributed by atoms with Gasteiger partial charge < -0.3 is 4.90 Å². The molecule has 0 radical (unpaired) electrons. The molecule has 1 saturated heterocycles. The summed E-state index contributed by atoms with van der Waals surface area (Å²) in [6, 6.07) is 14.6. The van der Waals surface area contributed by atoms with E-state index in [0.29, 0.717) is 10.6 Å². The molecule has 116 valence electrons. The van der Waals surface area contributed by atoms with Crippen LogP contribution in [0.2, 0.25) is 0 Å². The number of hydrogen-bond acceptors (Lipinski definition) is 3. The van der Waals surface area contributed by atoms with Gasteiger partial charge in [0.25, 0.3) is 10.0 Å². The molecule has 0 atom stereocenters. The Hall–Kier alpha value is -2.01. The summed E-state index contributed by atoms with van der Waals surface area (Å²) in [5.74, 6) is 0. The van der Waals surface area contributed by atoms with E-state index < -0.39 is 10.0 Å². The molecule has 0 amide bonds. The molecule has 0 aliphatic carbocycles. The summed E-state index contributed by atoms with van der Waals surface area (Å²) in [5, 5.41) is 0. The first-order valence-electron chi connectivity index (χ1n) is 7.50. The topological polar surface area (TPSA) is 49.4 Å². The van der Waals surface area contributed by atoms with Gasteiger partial charge in [0.1, 0.15) is 0 Å². The summed E-state index contributed by atoms with van der Waals surface area (Å²) in [6.07, 6.45) is 2.39. The minimum absolute atomic E-state index is 0.321. The monoisotopic (exact) mass is 316 g/mol. The lowest BCUT2D eigenvalue weighted by atomic mass is 10.2. The van der Waals surface area contributed by atoms with E-state index in [9.17, 15) is 8.42 Å². The van der Waals surface area contributed by atoms with Crippen LogP contribution < -0.4 is 9.62 Å². The molecule has 1 fully saturated rings. The number of nitrogens with one attached hydrogen (secondary N) is 1. The van der Waals surface area contributed by atoms with Crippen LogP contribution in [0.15, 0.2) is 53.4 Å². The van der Waals surface area contributed by atoms with Crippen molar-refractivity contribution in [2.45, 2.75) is 24.7 Å². The first kappa shape index (κ1) is 14.9. The second-order valence-corrected chi connectivity index (χ2v) is 7.27. The predicted molar refractivity (Wildman–Crippen MR) is 89.9 cm³/mol. The molecule has 0 saturated carbocycles. The van der Waals surface area contributed by atoms with Crippen molar-refractivity contribution >= 4 is 21.4 Å². The maximum atomic E-state index is 12.5.